The average molecular weight is 639 g/mol. The molecule has 0 aromatic heterocycles. The minimum absolute atomic E-state index is 0.244. The van der Waals surface area contributed by atoms with E-state index in [1.165, 1.54) is 11.1 Å². The van der Waals surface area contributed by atoms with Crippen molar-refractivity contribution < 1.29 is 53.7 Å². The second-order valence-corrected chi connectivity index (χ2v) is 12.4. The molecule has 0 aliphatic heterocycles. The van der Waals surface area contributed by atoms with Crippen molar-refractivity contribution in [2.45, 2.75) is 94.6 Å². The summed E-state index contributed by atoms with van der Waals surface area (Å²) in [5.41, 5.74) is -2.81. The molecule has 244 valence electrons. The van der Waals surface area contributed by atoms with Gasteiger partial charge >= 0.3 is 24.1 Å². The van der Waals surface area contributed by atoms with Crippen LogP contribution in [-0.4, -0.2) is 43.4 Å². The third-order valence-electron chi connectivity index (χ3n) is 9.98. The number of aryl methyl sites for hydroxylation is 1. The molecule has 2 aromatic carbocycles. The third kappa shape index (κ3) is 5.92. The molecule has 5 unspecified atom stereocenters. The molecule has 3 nitrogen and oxygen atoms in total. The van der Waals surface area contributed by atoms with Crippen LogP contribution in [-0.2, 0) is 22.5 Å². The van der Waals surface area contributed by atoms with Gasteiger partial charge in [-0.1, -0.05) is 43.3 Å². The van der Waals surface area contributed by atoms with Gasteiger partial charge in [-0.2, -0.15) is 39.5 Å². The highest BCUT2D eigenvalue weighted by Gasteiger charge is 2.85. The van der Waals surface area contributed by atoms with Gasteiger partial charge in [0.05, 0.1) is 12.7 Å². The summed E-state index contributed by atoms with van der Waals surface area (Å²) in [5, 5.41) is 0. The molecule has 5 rings (SSSR count). The van der Waals surface area contributed by atoms with Crippen LogP contribution in [0.2, 0.25) is 0 Å². The molecule has 0 bridgehead atoms. The van der Waals surface area contributed by atoms with Gasteiger partial charge in [-0.3, -0.25) is 0 Å². The first-order valence-electron chi connectivity index (χ1n) is 14.8. The molecule has 44 heavy (non-hydrogen) atoms. The molecule has 0 radical (unpaired) electrons. The molecule has 0 amide bonds. The molecule has 3 aliphatic rings. The summed E-state index contributed by atoms with van der Waals surface area (Å²) in [5.74, 6) is 1.91. The maximum Gasteiger partial charge on any atom is 0.435 e. The van der Waals surface area contributed by atoms with E-state index in [1.54, 1.807) is 0 Å². The number of hydrogen-bond acceptors (Lipinski definition) is 3. The lowest BCUT2D eigenvalue weighted by Crippen LogP contribution is -2.67. The van der Waals surface area contributed by atoms with Gasteiger partial charge in [-0.25, -0.2) is 0 Å². The van der Waals surface area contributed by atoms with Crippen molar-refractivity contribution >= 4 is 0 Å². The Balaban J connectivity index is 1.17. The monoisotopic (exact) mass is 638 g/mol. The van der Waals surface area contributed by atoms with Gasteiger partial charge in [0.15, 0.2) is 0 Å². The fourth-order valence-corrected chi connectivity index (χ4v) is 7.85. The quantitative estimate of drug-likeness (QED) is 0.202. The van der Waals surface area contributed by atoms with Gasteiger partial charge < -0.3 is 14.2 Å². The Morgan fingerprint density at radius 1 is 0.795 bits per heavy atom. The van der Waals surface area contributed by atoms with Crippen LogP contribution in [0, 0.1) is 17.3 Å². The van der Waals surface area contributed by atoms with E-state index in [9.17, 15) is 39.5 Å². The second kappa shape index (κ2) is 12.0. The first kappa shape index (κ1) is 32.9. The second-order valence-electron chi connectivity index (χ2n) is 12.4. The lowest BCUT2D eigenvalue weighted by atomic mass is 9.55. The molecule has 5 atom stereocenters. The van der Waals surface area contributed by atoms with E-state index in [1.807, 2.05) is 36.4 Å². The zero-order valence-electron chi connectivity index (χ0n) is 24.1. The van der Waals surface area contributed by atoms with Crippen molar-refractivity contribution in [3.05, 3.63) is 65.2 Å². The van der Waals surface area contributed by atoms with Crippen LogP contribution in [0.25, 0.3) is 0 Å². The number of halogens is 9. The molecular weight excluding hydrogens is 603 g/mol. The van der Waals surface area contributed by atoms with Gasteiger partial charge in [-0.05, 0) is 96.9 Å². The summed E-state index contributed by atoms with van der Waals surface area (Å²) in [6.45, 7) is 0.872. The molecule has 2 aromatic rings. The van der Waals surface area contributed by atoms with E-state index in [2.05, 4.69) is 23.8 Å². The Morgan fingerprint density at radius 2 is 1.48 bits per heavy atom. The van der Waals surface area contributed by atoms with E-state index >= 15 is 0 Å². The highest BCUT2D eigenvalue weighted by molar-refractivity contribution is 5.41. The summed E-state index contributed by atoms with van der Waals surface area (Å²) >= 11 is 0. The normalized spacial score (nSPS) is 27.4. The average Bonchev–Trinajstić information content (AvgIpc) is 3.28. The van der Waals surface area contributed by atoms with E-state index in [0.717, 1.165) is 43.4 Å². The highest BCUT2D eigenvalue weighted by Crippen LogP contribution is 2.62. The lowest BCUT2D eigenvalue weighted by Gasteiger charge is -2.50. The van der Waals surface area contributed by atoms with Crippen LogP contribution in [0.3, 0.4) is 0 Å². The molecule has 2 saturated carbocycles. The molecular formula is C32H35F9O3. The Bertz CT molecular complexity index is 1240. The molecule has 3 aliphatic carbocycles. The minimum Gasteiger partial charge on any atom is -0.489 e. The van der Waals surface area contributed by atoms with Crippen LogP contribution in [0.5, 0.6) is 5.75 Å². The number of benzene rings is 2. The largest absolute Gasteiger partial charge is 0.489 e. The van der Waals surface area contributed by atoms with Crippen LogP contribution in [0.4, 0.5) is 39.5 Å². The van der Waals surface area contributed by atoms with Gasteiger partial charge in [0.25, 0.3) is 0 Å². The fourth-order valence-electron chi connectivity index (χ4n) is 7.85. The summed E-state index contributed by atoms with van der Waals surface area (Å²) in [7, 11) is 0. The van der Waals surface area contributed by atoms with Gasteiger partial charge in [0.1, 0.15) is 12.4 Å². The molecule has 0 N–H and O–H groups in total. The van der Waals surface area contributed by atoms with Crippen molar-refractivity contribution in [2.24, 2.45) is 17.3 Å². The summed E-state index contributed by atoms with van der Waals surface area (Å²) in [6.07, 6.45) is -15.9. The van der Waals surface area contributed by atoms with E-state index in [4.69, 9.17) is 9.47 Å². The predicted octanol–water partition coefficient (Wildman–Crippen LogP) is 9.34. The Kier molecular flexibility index (Phi) is 9.00. The van der Waals surface area contributed by atoms with Gasteiger partial charge in [0, 0.05) is 6.61 Å². The van der Waals surface area contributed by atoms with Crippen LogP contribution < -0.4 is 4.74 Å². The summed E-state index contributed by atoms with van der Waals surface area (Å²) in [6, 6.07) is 16.2. The number of fused-ring (bicyclic) bond motifs is 5. The standard InChI is InChI=1S/C32H35F9O3/c1-28-15-14-24-23-11-9-22(43-19-20-6-3-2-4-7-20)18-21(23)8-10-25(24)26(28)12-13-27(28)42-16-5-17-44-29(30(33,34)35,31(36,37)38)32(39,40)41/h2-4,6-7,9,11,18,24-27H,5,8,10,12-17,19H2,1H3. The topological polar surface area (TPSA) is 27.7 Å². The van der Waals surface area contributed by atoms with Gasteiger partial charge in [-0.15, -0.1) is 0 Å². The zero-order valence-corrected chi connectivity index (χ0v) is 24.1. The maximum atomic E-state index is 13.1. The first-order chi connectivity index (χ1) is 20.6. The molecule has 0 saturated heterocycles. The van der Waals surface area contributed by atoms with Crippen molar-refractivity contribution in [1.29, 1.82) is 0 Å². The molecule has 12 heteroatoms. The zero-order chi connectivity index (χ0) is 32.0. The van der Waals surface area contributed by atoms with Crippen molar-refractivity contribution in [2.75, 3.05) is 13.2 Å². The van der Waals surface area contributed by atoms with Crippen molar-refractivity contribution in [3.8, 4) is 5.75 Å². The van der Waals surface area contributed by atoms with Crippen LogP contribution >= 0.6 is 0 Å². The Labute approximate surface area is 250 Å². The van der Waals surface area contributed by atoms with E-state index in [-0.39, 0.29) is 18.1 Å². The van der Waals surface area contributed by atoms with Crippen molar-refractivity contribution in [3.63, 3.8) is 0 Å². The number of rotatable bonds is 9. The highest BCUT2D eigenvalue weighted by atomic mass is 19.4. The van der Waals surface area contributed by atoms with Crippen LogP contribution in [0.15, 0.2) is 48.5 Å². The van der Waals surface area contributed by atoms with E-state index in [0.29, 0.717) is 30.8 Å². The van der Waals surface area contributed by atoms with E-state index < -0.39 is 37.2 Å². The maximum absolute atomic E-state index is 13.1. The number of alkyl halides is 9. The first-order valence-corrected chi connectivity index (χ1v) is 14.8. The molecule has 0 spiro atoms. The minimum atomic E-state index is -6.73. The number of ether oxygens (including phenoxy) is 3. The van der Waals surface area contributed by atoms with Crippen LogP contribution in [0.1, 0.15) is 68.1 Å². The summed E-state index contributed by atoms with van der Waals surface area (Å²) in [4.78, 5) is 0. The lowest BCUT2D eigenvalue weighted by molar-refractivity contribution is -0.457. The Morgan fingerprint density at radius 3 is 2.14 bits per heavy atom. The summed E-state index contributed by atoms with van der Waals surface area (Å²) < 4.78 is 133. The third-order valence-corrected chi connectivity index (χ3v) is 9.98. The molecule has 2 fully saturated rings. The fraction of sp³-hybridized carbons (Fsp3) is 0.625. The number of hydrogen-bond donors (Lipinski definition) is 0. The van der Waals surface area contributed by atoms with Crippen molar-refractivity contribution in [1.82, 2.24) is 0 Å². The Hall–Kier alpha value is -2.47. The predicted molar refractivity (Wildman–Crippen MR) is 143 cm³/mol. The smallest absolute Gasteiger partial charge is 0.435 e. The SMILES string of the molecule is CC12CCC3c4ccc(OCc5ccccc5)cc4CCC3C1CCC2OCCCOC(C(F)(F)F)(C(F)(F)F)C(F)(F)F. The van der Waals surface area contributed by atoms with Gasteiger partial charge in [0.2, 0.25) is 0 Å². The molecule has 0 heterocycles.